The number of aromatic nitrogens is 2. The maximum atomic E-state index is 4.34. The van der Waals surface area contributed by atoms with Crippen molar-refractivity contribution in [3.8, 4) is 0 Å². The molecule has 1 aromatic carbocycles. The lowest BCUT2D eigenvalue weighted by Gasteiger charge is -2.25. The van der Waals surface area contributed by atoms with Crippen LogP contribution in [-0.2, 0) is 6.42 Å². The molecule has 19 heavy (non-hydrogen) atoms. The summed E-state index contributed by atoms with van der Waals surface area (Å²) in [4.78, 5) is 7.54. The molecule has 0 bridgehead atoms. The highest BCUT2D eigenvalue weighted by Gasteiger charge is 2.19. The summed E-state index contributed by atoms with van der Waals surface area (Å²) >= 11 is 0. The van der Waals surface area contributed by atoms with Crippen molar-refractivity contribution >= 4 is 0 Å². The molecular formula is C16H23N3. The van der Waals surface area contributed by atoms with Crippen molar-refractivity contribution in [3.05, 3.63) is 54.1 Å². The normalized spacial score (nSPS) is 14.2. The number of aromatic amines is 1. The van der Waals surface area contributed by atoms with Crippen molar-refractivity contribution in [2.75, 3.05) is 6.54 Å². The first kappa shape index (κ1) is 13.8. The maximum Gasteiger partial charge on any atom is 0.107 e. The molecule has 0 aliphatic carbocycles. The fraction of sp³-hybridized carbons (Fsp3) is 0.438. The number of benzene rings is 1. The van der Waals surface area contributed by atoms with Crippen molar-refractivity contribution in [2.24, 2.45) is 0 Å². The minimum atomic E-state index is 0.411. The molecule has 0 saturated heterocycles. The molecule has 0 fully saturated rings. The summed E-state index contributed by atoms with van der Waals surface area (Å²) in [6.07, 6.45) is 5.79. The summed E-state index contributed by atoms with van der Waals surface area (Å²) in [6, 6.07) is 11.1. The van der Waals surface area contributed by atoms with Gasteiger partial charge in [-0.3, -0.25) is 0 Å². The Balaban J connectivity index is 2.08. The van der Waals surface area contributed by atoms with Crippen LogP contribution in [0.1, 0.15) is 37.6 Å². The summed E-state index contributed by atoms with van der Waals surface area (Å²) < 4.78 is 0. The zero-order valence-corrected chi connectivity index (χ0v) is 11.8. The Hall–Kier alpha value is -1.61. The van der Waals surface area contributed by atoms with Crippen LogP contribution in [0.3, 0.4) is 0 Å². The Morgan fingerprint density at radius 2 is 2.05 bits per heavy atom. The van der Waals surface area contributed by atoms with Crippen LogP contribution in [0.2, 0.25) is 0 Å². The Labute approximate surface area is 115 Å². The first-order chi connectivity index (χ1) is 9.31. The number of rotatable bonds is 7. The third-order valence-electron chi connectivity index (χ3n) is 3.55. The third kappa shape index (κ3) is 3.93. The van der Waals surface area contributed by atoms with E-state index >= 15 is 0 Å². The second kappa shape index (κ2) is 7.10. The van der Waals surface area contributed by atoms with Gasteiger partial charge in [0.05, 0.1) is 0 Å². The summed E-state index contributed by atoms with van der Waals surface area (Å²) in [5.74, 6) is 1.52. The lowest BCUT2D eigenvalue weighted by atomic mass is 9.91. The van der Waals surface area contributed by atoms with Crippen LogP contribution in [0.15, 0.2) is 42.7 Å². The van der Waals surface area contributed by atoms with Crippen molar-refractivity contribution < 1.29 is 0 Å². The molecule has 2 aromatic rings. The van der Waals surface area contributed by atoms with E-state index in [1.54, 1.807) is 0 Å². The second-order valence-electron chi connectivity index (χ2n) is 5.00. The SMILES string of the molecule is CCCNC(Cc1ncc[nH]1)C(C)c1ccccc1. The molecule has 0 radical (unpaired) electrons. The van der Waals surface area contributed by atoms with Crippen LogP contribution < -0.4 is 5.32 Å². The van der Waals surface area contributed by atoms with E-state index in [0.717, 1.165) is 25.2 Å². The monoisotopic (exact) mass is 257 g/mol. The van der Waals surface area contributed by atoms with Gasteiger partial charge in [0.1, 0.15) is 5.82 Å². The highest BCUT2D eigenvalue weighted by atomic mass is 14.9. The molecule has 1 heterocycles. The van der Waals surface area contributed by atoms with Crippen LogP contribution >= 0.6 is 0 Å². The van der Waals surface area contributed by atoms with Gasteiger partial charge in [-0.05, 0) is 24.4 Å². The van der Waals surface area contributed by atoms with E-state index < -0.39 is 0 Å². The number of H-pyrrole nitrogens is 1. The van der Waals surface area contributed by atoms with Gasteiger partial charge in [-0.15, -0.1) is 0 Å². The predicted octanol–water partition coefficient (Wildman–Crippen LogP) is 3.12. The molecule has 0 spiro atoms. The Morgan fingerprint density at radius 1 is 1.26 bits per heavy atom. The highest BCUT2D eigenvalue weighted by molar-refractivity contribution is 5.21. The number of nitrogens with one attached hydrogen (secondary N) is 2. The first-order valence-corrected chi connectivity index (χ1v) is 7.07. The van der Waals surface area contributed by atoms with Gasteiger partial charge in [0, 0.05) is 24.9 Å². The molecule has 3 nitrogen and oxygen atoms in total. The Morgan fingerprint density at radius 3 is 2.68 bits per heavy atom. The quantitative estimate of drug-likeness (QED) is 0.800. The van der Waals surface area contributed by atoms with Crippen molar-refractivity contribution in [2.45, 2.75) is 38.6 Å². The molecule has 102 valence electrons. The number of nitrogens with zero attached hydrogens (tertiary/aromatic N) is 1. The van der Waals surface area contributed by atoms with Crippen molar-refractivity contribution in [3.63, 3.8) is 0 Å². The molecule has 0 saturated carbocycles. The Bertz CT molecular complexity index is 450. The zero-order chi connectivity index (χ0) is 13.5. The number of hydrogen-bond acceptors (Lipinski definition) is 2. The van der Waals surface area contributed by atoms with E-state index in [-0.39, 0.29) is 0 Å². The smallest absolute Gasteiger partial charge is 0.107 e. The van der Waals surface area contributed by atoms with Gasteiger partial charge in [0.2, 0.25) is 0 Å². The van der Waals surface area contributed by atoms with Crippen LogP contribution in [0.5, 0.6) is 0 Å². The summed E-state index contributed by atoms with van der Waals surface area (Å²) in [7, 11) is 0. The van der Waals surface area contributed by atoms with E-state index in [9.17, 15) is 0 Å². The molecule has 1 aromatic heterocycles. The lowest BCUT2D eigenvalue weighted by Crippen LogP contribution is -2.36. The van der Waals surface area contributed by atoms with E-state index in [0.29, 0.717) is 12.0 Å². The first-order valence-electron chi connectivity index (χ1n) is 7.07. The van der Waals surface area contributed by atoms with E-state index in [1.165, 1.54) is 5.56 Å². The van der Waals surface area contributed by atoms with Gasteiger partial charge in [0.15, 0.2) is 0 Å². The molecular weight excluding hydrogens is 234 g/mol. The van der Waals surface area contributed by atoms with Gasteiger partial charge in [-0.1, -0.05) is 44.2 Å². The lowest BCUT2D eigenvalue weighted by molar-refractivity contribution is 0.440. The van der Waals surface area contributed by atoms with Crippen LogP contribution in [0.25, 0.3) is 0 Å². The Kier molecular flexibility index (Phi) is 5.16. The fourth-order valence-corrected chi connectivity index (χ4v) is 2.36. The molecule has 2 unspecified atom stereocenters. The van der Waals surface area contributed by atoms with Gasteiger partial charge >= 0.3 is 0 Å². The number of imidazole rings is 1. The van der Waals surface area contributed by atoms with Gasteiger partial charge < -0.3 is 10.3 Å². The van der Waals surface area contributed by atoms with Crippen LogP contribution in [-0.4, -0.2) is 22.6 Å². The highest BCUT2D eigenvalue weighted by Crippen LogP contribution is 2.21. The van der Waals surface area contributed by atoms with Crippen molar-refractivity contribution in [1.82, 2.24) is 15.3 Å². The summed E-state index contributed by atoms with van der Waals surface area (Å²) in [5.41, 5.74) is 1.38. The van der Waals surface area contributed by atoms with E-state index in [1.807, 2.05) is 12.4 Å². The van der Waals surface area contributed by atoms with Crippen LogP contribution in [0, 0.1) is 0 Å². The topological polar surface area (TPSA) is 40.7 Å². The fourth-order valence-electron chi connectivity index (χ4n) is 2.36. The molecule has 2 atom stereocenters. The standard InChI is InChI=1S/C16H23N3/c1-3-9-17-15(12-16-18-10-11-19-16)13(2)14-7-5-4-6-8-14/h4-8,10-11,13,15,17H,3,9,12H2,1-2H3,(H,18,19). The second-order valence-corrected chi connectivity index (χ2v) is 5.00. The average molecular weight is 257 g/mol. The molecule has 0 aliphatic heterocycles. The largest absolute Gasteiger partial charge is 0.349 e. The van der Waals surface area contributed by atoms with Crippen LogP contribution in [0.4, 0.5) is 0 Å². The predicted molar refractivity (Wildman–Crippen MR) is 79.2 cm³/mol. The molecule has 3 heteroatoms. The molecule has 2 rings (SSSR count). The summed E-state index contributed by atoms with van der Waals surface area (Å²) in [6.45, 7) is 5.53. The maximum absolute atomic E-state index is 4.34. The average Bonchev–Trinajstić information content (AvgIpc) is 2.96. The minimum absolute atomic E-state index is 0.411. The third-order valence-corrected chi connectivity index (χ3v) is 3.55. The van der Waals surface area contributed by atoms with Gasteiger partial charge in [0.25, 0.3) is 0 Å². The molecule has 0 amide bonds. The van der Waals surface area contributed by atoms with Gasteiger partial charge in [-0.25, -0.2) is 4.98 Å². The zero-order valence-electron chi connectivity index (χ0n) is 11.8. The molecule has 0 aliphatic rings. The number of hydrogen-bond donors (Lipinski definition) is 2. The van der Waals surface area contributed by atoms with E-state index in [4.69, 9.17) is 0 Å². The van der Waals surface area contributed by atoms with Crippen molar-refractivity contribution in [1.29, 1.82) is 0 Å². The minimum Gasteiger partial charge on any atom is -0.349 e. The summed E-state index contributed by atoms with van der Waals surface area (Å²) in [5, 5.41) is 3.65. The van der Waals surface area contributed by atoms with Gasteiger partial charge in [-0.2, -0.15) is 0 Å². The van der Waals surface area contributed by atoms with E-state index in [2.05, 4.69) is 59.5 Å². The molecule has 2 N–H and O–H groups in total.